The highest BCUT2D eigenvalue weighted by Crippen LogP contribution is 2.31. The summed E-state index contributed by atoms with van der Waals surface area (Å²) in [5, 5.41) is 12.4. The van der Waals surface area contributed by atoms with Crippen LogP contribution < -0.4 is 5.73 Å². The summed E-state index contributed by atoms with van der Waals surface area (Å²) in [5.74, 6) is -0.358. The Bertz CT molecular complexity index is 518. The third-order valence-corrected chi connectivity index (χ3v) is 3.62. The Morgan fingerprint density at radius 3 is 2.58 bits per heavy atom. The van der Waals surface area contributed by atoms with Crippen LogP contribution in [0.15, 0.2) is 4.90 Å². The average Bonchev–Trinajstić information content (AvgIpc) is 2.64. The lowest BCUT2D eigenvalue weighted by Crippen LogP contribution is -2.18. The summed E-state index contributed by atoms with van der Waals surface area (Å²) in [5.41, 5.74) is 0.0172. The summed E-state index contributed by atoms with van der Waals surface area (Å²) in [4.78, 5) is -0.744. The predicted molar refractivity (Wildman–Crippen MR) is 63.3 cm³/mol. The number of nitrogens with two attached hydrogens (primary N) is 1. The summed E-state index contributed by atoms with van der Waals surface area (Å²) >= 11 is 0. The zero-order chi connectivity index (χ0) is 14.6. The number of aromatic nitrogens is 2. The summed E-state index contributed by atoms with van der Waals surface area (Å²) in [6.07, 6.45) is 2.46. The Labute approximate surface area is 110 Å². The number of alkyl halides is 3. The maximum Gasteiger partial charge on any atom is 0.476 e. The van der Waals surface area contributed by atoms with E-state index in [0.717, 1.165) is 17.5 Å². The smallest absolute Gasteiger partial charge is 0.383 e. The van der Waals surface area contributed by atoms with Crippen LogP contribution in [0.4, 0.5) is 19.0 Å². The zero-order valence-corrected chi connectivity index (χ0v) is 11.0. The van der Waals surface area contributed by atoms with Gasteiger partial charge in [-0.05, 0) is 6.42 Å². The molecular weight excluding hydrogens is 281 g/mol. The summed E-state index contributed by atoms with van der Waals surface area (Å²) in [6.45, 7) is 2.26. The first-order chi connectivity index (χ1) is 8.82. The molecule has 0 saturated heterocycles. The molecule has 1 rings (SSSR count). The van der Waals surface area contributed by atoms with Crippen LogP contribution in [0.5, 0.6) is 0 Å². The van der Waals surface area contributed by atoms with Crippen LogP contribution in [0.2, 0.25) is 0 Å². The third-order valence-electron chi connectivity index (χ3n) is 2.42. The number of nitriles is 1. The van der Waals surface area contributed by atoms with Gasteiger partial charge in [-0.3, -0.25) is 0 Å². The van der Waals surface area contributed by atoms with Crippen molar-refractivity contribution in [2.45, 2.75) is 43.1 Å². The average molecular weight is 294 g/mol. The predicted octanol–water partition coefficient (Wildman–Crippen LogP) is 2.15. The SMILES string of the molecule is CCCCCn1nc(C#N)c(S(=O)C(F)(F)F)c1N. The Balaban J connectivity index is 3.12. The van der Waals surface area contributed by atoms with E-state index in [0.29, 0.717) is 13.0 Å². The number of hydrogen-bond donors (Lipinski definition) is 1. The van der Waals surface area contributed by atoms with Crippen molar-refractivity contribution in [3.05, 3.63) is 5.69 Å². The molecule has 0 spiro atoms. The minimum absolute atomic E-state index is 0.295. The van der Waals surface area contributed by atoms with E-state index < -0.39 is 26.9 Å². The molecule has 0 aliphatic carbocycles. The number of anilines is 1. The van der Waals surface area contributed by atoms with E-state index >= 15 is 0 Å². The molecule has 1 atom stereocenters. The van der Waals surface area contributed by atoms with E-state index in [-0.39, 0.29) is 5.82 Å². The number of aryl methyl sites for hydroxylation is 1. The molecule has 0 fully saturated rings. The van der Waals surface area contributed by atoms with Gasteiger partial charge in [-0.2, -0.15) is 23.5 Å². The second-order valence-electron chi connectivity index (χ2n) is 3.82. The number of nitrogens with zero attached hydrogens (tertiary/aromatic N) is 3. The minimum atomic E-state index is -4.96. The van der Waals surface area contributed by atoms with Crippen LogP contribution in [0.1, 0.15) is 31.9 Å². The maximum absolute atomic E-state index is 12.4. The van der Waals surface area contributed by atoms with Gasteiger partial charge in [0.2, 0.25) is 0 Å². The Hall–Kier alpha value is -1.56. The molecule has 0 bridgehead atoms. The number of nitrogen functional groups attached to an aromatic ring is 1. The molecule has 0 amide bonds. The van der Waals surface area contributed by atoms with Crippen LogP contribution in [0.3, 0.4) is 0 Å². The van der Waals surface area contributed by atoms with Gasteiger partial charge < -0.3 is 5.73 Å². The number of unbranched alkanes of at least 4 members (excludes halogenated alkanes) is 2. The minimum Gasteiger partial charge on any atom is -0.383 e. The van der Waals surface area contributed by atoms with Crippen molar-refractivity contribution in [1.29, 1.82) is 5.26 Å². The molecule has 1 heterocycles. The van der Waals surface area contributed by atoms with Crippen molar-refractivity contribution in [3.8, 4) is 6.07 Å². The van der Waals surface area contributed by atoms with Crippen molar-refractivity contribution in [2.75, 3.05) is 5.73 Å². The molecule has 0 aliphatic rings. The quantitative estimate of drug-likeness (QED) is 0.843. The number of hydrogen-bond acceptors (Lipinski definition) is 4. The van der Waals surface area contributed by atoms with Gasteiger partial charge in [-0.1, -0.05) is 19.8 Å². The molecule has 0 radical (unpaired) electrons. The largest absolute Gasteiger partial charge is 0.476 e. The monoisotopic (exact) mass is 294 g/mol. The molecule has 5 nitrogen and oxygen atoms in total. The van der Waals surface area contributed by atoms with Gasteiger partial charge in [0, 0.05) is 6.54 Å². The summed E-state index contributed by atoms with van der Waals surface area (Å²) in [7, 11) is -3.34. The van der Waals surface area contributed by atoms with Crippen molar-refractivity contribution in [1.82, 2.24) is 9.78 Å². The number of halogens is 3. The van der Waals surface area contributed by atoms with E-state index in [9.17, 15) is 17.4 Å². The molecule has 106 valence electrons. The normalized spacial score (nSPS) is 13.2. The van der Waals surface area contributed by atoms with Gasteiger partial charge in [0.25, 0.3) is 0 Å². The zero-order valence-electron chi connectivity index (χ0n) is 10.2. The molecule has 0 saturated carbocycles. The second kappa shape index (κ2) is 6.06. The van der Waals surface area contributed by atoms with Crippen LogP contribution in [-0.2, 0) is 17.3 Å². The Kier molecular flexibility index (Phi) is 4.94. The third kappa shape index (κ3) is 3.47. The molecule has 1 unspecified atom stereocenters. The fourth-order valence-electron chi connectivity index (χ4n) is 1.51. The number of rotatable bonds is 5. The lowest BCUT2D eigenvalue weighted by Gasteiger charge is -2.06. The Morgan fingerprint density at radius 1 is 1.47 bits per heavy atom. The van der Waals surface area contributed by atoms with Crippen molar-refractivity contribution in [3.63, 3.8) is 0 Å². The van der Waals surface area contributed by atoms with Gasteiger partial charge >= 0.3 is 5.51 Å². The molecule has 9 heteroatoms. The van der Waals surface area contributed by atoms with Crippen molar-refractivity contribution >= 4 is 16.6 Å². The van der Waals surface area contributed by atoms with E-state index in [2.05, 4.69) is 5.10 Å². The van der Waals surface area contributed by atoms with Crippen LogP contribution in [-0.4, -0.2) is 19.5 Å². The van der Waals surface area contributed by atoms with Gasteiger partial charge in [-0.25, -0.2) is 8.89 Å². The van der Waals surface area contributed by atoms with E-state index in [4.69, 9.17) is 11.0 Å². The Morgan fingerprint density at radius 2 is 2.11 bits per heavy atom. The van der Waals surface area contributed by atoms with E-state index in [1.165, 1.54) is 6.07 Å². The van der Waals surface area contributed by atoms with Gasteiger partial charge in [0.15, 0.2) is 16.5 Å². The topological polar surface area (TPSA) is 84.7 Å². The second-order valence-corrected chi connectivity index (χ2v) is 5.23. The van der Waals surface area contributed by atoms with Gasteiger partial charge in [-0.15, -0.1) is 0 Å². The van der Waals surface area contributed by atoms with Crippen LogP contribution in [0.25, 0.3) is 0 Å². The van der Waals surface area contributed by atoms with Crippen LogP contribution in [0, 0.1) is 11.3 Å². The molecule has 0 aromatic carbocycles. The molecule has 2 N–H and O–H groups in total. The van der Waals surface area contributed by atoms with Gasteiger partial charge in [0.1, 0.15) is 16.8 Å². The van der Waals surface area contributed by atoms with Crippen LogP contribution >= 0.6 is 0 Å². The first kappa shape index (κ1) is 15.5. The highest BCUT2D eigenvalue weighted by Gasteiger charge is 2.42. The standard InChI is InChI=1S/C10H13F3N4OS/c1-2-3-4-5-17-9(15)8(7(6-14)16-17)19(18)10(11,12)13/h2-5,15H2,1H3. The summed E-state index contributed by atoms with van der Waals surface area (Å²) < 4.78 is 49.8. The summed E-state index contributed by atoms with van der Waals surface area (Å²) in [6, 6.07) is 1.50. The van der Waals surface area contributed by atoms with Crippen molar-refractivity contribution < 1.29 is 17.4 Å². The molecule has 1 aromatic heterocycles. The lowest BCUT2D eigenvalue weighted by molar-refractivity contribution is -0.0384. The van der Waals surface area contributed by atoms with Crippen molar-refractivity contribution in [2.24, 2.45) is 0 Å². The van der Waals surface area contributed by atoms with Gasteiger partial charge in [0.05, 0.1) is 0 Å². The lowest BCUT2D eigenvalue weighted by atomic mass is 10.2. The molecule has 19 heavy (non-hydrogen) atoms. The fourth-order valence-corrected chi connectivity index (χ4v) is 2.30. The molecule has 0 aliphatic heterocycles. The van der Waals surface area contributed by atoms with E-state index in [1.54, 1.807) is 0 Å². The first-order valence-corrected chi connectivity index (χ1v) is 6.72. The highest BCUT2D eigenvalue weighted by molar-refractivity contribution is 7.86. The molecule has 1 aromatic rings. The first-order valence-electron chi connectivity index (χ1n) is 5.57. The van der Waals surface area contributed by atoms with E-state index in [1.807, 2.05) is 6.92 Å². The highest BCUT2D eigenvalue weighted by atomic mass is 32.2. The maximum atomic E-state index is 12.4. The fraction of sp³-hybridized carbons (Fsp3) is 0.600. The molecular formula is C10H13F3N4OS.